The van der Waals surface area contributed by atoms with E-state index in [9.17, 15) is 4.79 Å². The molecule has 1 aliphatic heterocycles. The van der Waals surface area contributed by atoms with Gasteiger partial charge in [-0.15, -0.1) is 37.2 Å². The first kappa shape index (κ1) is 31.4. The smallest absolute Gasteiger partial charge is 0.274 e. The van der Waals surface area contributed by atoms with Crippen molar-refractivity contribution in [3.8, 4) is 0 Å². The molecule has 0 bridgehead atoms. The van der Waals surface area contributed by atoms with Gasteiger partial charge in [0.25, 0.3) is 5.91 Å². The van der Waals surface area contributed by atoms with Crippen molar-refractivity contribution in [3.05, 3.63) is 78.1 Å². The monoisotopic (exact) mass is 605 g/mol. The third kappa shape index (κ3) is 6.42. The molecule has 0 radical (unpaired) electrons. The van der Waals surface area contributed by atoms with Crippen molar-refractivity contribution in [2.45, 2.75) is 26.4 Å². The Bertz CT molecular complexity index is 1560. The predicted molar refractivity (Wildman–Crippen MR) is 165 cm³/mol. The Kier molecular flexibility index (Phi) is 11.0. The topological polar surface area (TPSA) is 97.3 Å². The maximum absolute atomic E-state index is 13.2. The third-order valence-electron chi connectivity index (χ3n) is 6.95. The summed E-state index contributed by atoms with van der Waals surface area (Å²) in [5.74, 6) is -0.204. The number of nitrogens with zero attached hydrogens (tertiary/aromatic N) is 7. The zero-order chi connectivity index (χ0) is 25.2. The number of pyridine rings is 1. The van der Waals surface area contributed by atoms with Gasteiger partial charge in [-0.1, -0.05) is 19.1 Å². The Morgan fingerprint density at radius 3 is 2.60 bits per heavy atom. The van der Waals surface area contributed by atoms with E-state index >= 15 is 0 Å². The molecule has 1 saturated heterocycles. The van der Waals surface area contributed by atoms with Gasteiger partial charge in [-0.05, 0) is 36.8 Å². The van der Waals surface area contributed by atoms with Crippen LogP contribution in [0.5, 0.6) is 0 Å². The molecule has 10 nitrogen and oxygen atoms in total. The van der Waals surface area contributed by atoms with E-state index in [1.807, 2.05) is 58.2 Å². The van der Waals surface area contributed by atoms with E-state index in [1.165, 1.54) is 0 Å². The Morgan fingerprint density at radius 2 is 1.80 bits per heavy atom. The number of fused-ring (bicyclic) bond motifs is 2. The van der Waals surface area contributed by atoms with Crippen LogP contribution >= 0.6 is 37.2 Å². The molecule has 214 valence electrons. The van der Waals surface area contributed by atoms with Crippen molar-refractivity contribution in [1.82, 2.24) is 39.2 Å². The SMILES string of the molecule is CCc1nn(Cc2ccn(CCN3CCNCC3)n2)c2cccc(NC(=O)c3cnc4ccccn34)c12.Cl.Cl.Cl. The number of nitrogens with one attached hydrogen (secondary N) is 2. The molecule has 0 atom stereocenters. The number of hydrogen-bond donors (Lipinski definition) is 2. The zero-order valence-electron chi connectivity index (χ0n) is 22.2. The van der Waals surface area contributed by atoms with Crippen LogP contribution in [-0.4, -0.2) is 72.5 Å². The van der Waals surface area contributed by atoms with E-state index in [2.05, 4.69) is 33.5 Å². The summed E-state index contributed by atoms with van der Waals surface area (Å²) in [5, 5.41) is 17.2. The number of halogens is 3. The highest BCUT2D eigenvalue weighted by atomic mass is 35.5. The molecule has 0 aliphatic carbocycles. The molecular weight excluding hydrogens is 573 g/mol. The average Bonchev–Trinajstić information content (AvgIpc) is 3.66. The second-order valence-corrected chi connectivity index (χ2v) is 9.35. The summed E-state index contributed by atoms with van der Waals surface area (Å²) in [6.45, 7) is 8.81. The van der Waals surface area contributed by atoms with E-state index in [1.54, 1.807) is 10.6 Å². The van der Waals surface area contributed by atoms with Gasteiger partial charge >= 0.3 is 0 Å². The van der Waals surface area contributed by atoms with Crippen molar-refractivity contribution >= 4 is 65.4 Å². The molecule has 1 aliphatic rings. The third-order valence-corrected chi connectivity index (χ3v) is 6.95. The normalized spacial score (nSPS) is 13.4. The quantitative estimate of drug-likeness (QED) is 0.278. The lowest BCUT2D eigenvalue weighted by molar-refractivity contribution is 0.102. The van der Waals surface area contributed by atoms with Crippen LogP contribution in [0.3, 0.4) is 0 Å². The van der Waals surface area contributed by atoms with E-state index in [4.69, 9.17) is 10.2 Å². The summed E-state index contributed by atoms with van der Waals surface area (Å²) >= 11 is 0. The van der Waals surface area contributed by atoms with E-state index in [0.717, 1.165) is 79.3 Å². The minimum Gasteiger partial charge on any atom is -0.320 e. The molecule has 0 saturated carbocycles. The fraction of sp³-hybridized carbons (Fsp3) is 0.333. The minimum absolute atomic E-state index is 0. The molecule has 40 heavy (non-hydrogen) atoms. The van der Waals surface area contributed by atoms with Crippen LogP contribution < -0.4 is 10.6 Å². The molecule has 0 unspecified atom stereocenters. The highest BCUT2D eigenvalue weighted by Gasteiger charge is 2.18. The summed E-state index contributed by atoms with van der Waals surface area (Å²) in [6.07, 6.45) is 6.25. The fourth-order valence-electron chi connectivity index (χ4n) is 5.01. The molecular formula is C27H34Cl3N9O. The number of amides is 1. The van der Waals surface area contributed by atoms with E-state index in [0.29, 0.717) is 12.2 Å². The number of rotatable bonds is 8. The van der Waals surface area contributed by atoms with E-state index < -0.39 is 0 Å². The molecule has 1 fully saturated rings. The number of imidazole rings is 1. The lowest BCUT2D eigenvalue weighted by Gasteiger charge is -2.26. The van der Waals surface area contributed by atoms with Crippen LogP contribution in [0.2, 0.25) is 0 Å². The van der Waals surface area contributed by atoms with Crippen molar-refractivity contribution in [2.24, 2.45) is 0 Å². The Morgan fingerprint density at radius 1 is 0.975 bits per heavy atom. The summed E-state index contributed by atoms with van der Waals surface area (Å²) in [6, 6.07) is 13.7. The van der Waals surface area contributed by atoms with Crippen molar-refractivity contribution in [2.75, 3.05) is 38.0 Å². The fourth-order valence-corrected chi connectivity index (χ4v) is 5.01. The van der Waals surface area contributed by atoms with E-state index in [-0.39, 0.29) is 43.1 Å². The van der Waals surface area contributed by atoms with Crippen LogP contribution in [0.1, 0.15) is 28.8 Å². The molecule has 5 aromatic rings. The molecule has 4 aromatic heterocycles. The zero-order valence-corrected chi connectivity index (χ0v) is 24.6. The van der Waals surface area contributed by atoms with Gasteiger partial charge < -0.3 is 10.6 Å². The molecule has 1 aromatic carbocycles. The first-order valence-electron chi connectivity index (χ1n) is 12.9. The van der Waals surface area contributed by atoms with Crippen molar-refractivity contribution in [3.63, 3.8) is 0 Å². The second-order valence-electron chi connectivity index (χ2n) is 9.35. The Labute approximate surface area is 251 Å². The number of piperazine rings is 1. The van der Waals surface area contributed by atoms with Gasteiger partial charge in [-0.3, -0.25) is 23.5 Å². The first-order valence-corrected chi connectivity index (χ1v) is 12.9. The Balaban J connectivity index is 0.00000147. The Hall–Kier alpha value is -3.15. The standard InChI is InChI=1S/C27H31N9O.3ClH/c1-2-21-26-22(30-27(37)24-18-29-25-8-3-4-12-35(24)25)6-5-7-23(26)36(32-21)19-20-9-13-34(31-20)17-16-33-14-10-28-11-15-33;;;/h3-9,12-13,18,28H,2,10-11,14-17,19H2,1H3,(H,30,37);3*1H. The molecule has 5 heterocycles. The predicted octanol–water partition coefficient (Wildman–Crippen LogP) is 3.91. The lowest BCUT2D eigenvalue weighted by atomic mass is 10.1. The van der Waals surface area contributed by atoms with Crippen molar-refractivity contribution < 1.29 is 4.79 Å². The lowest BCUT2D eigenvalue weighted by Crippen LogP contribution is -2.44. The number of carbonyl (C=O) groups is 1. The molecule has 2 N–H and O–H groups in total. The van der Waals surface area contributed by atoms with Gasteiger partial charge in [-0.2, -0.15) is 10.2 Å². The highest BCUT2D eigenvalue weighted by molar-refractivity contribution is 6.08. The number of aromatic nitrogens is 6. The van der Waals surface area contributed by atoms with Crippen LogP contribution in [0.4, 0.5) is 5.69 Å². The van der Waals surface area contributed by atoms with Crippen LogP contribution in [0, 0.1) is 0 Å². The van der Waals surface area contributed by atoms with Crippen LogP contribution in [0.15, 0.2) is 61.1 Å². The van der Waals surface area contributed by atoms with Crippen LogP contribution in [-0.2, 0) is 19.5 Å². The minimum atomic E-state index is -0.204. The molecule has 6 rings (SSSR count). The van der Waals surface area contributed by atoms with Gasteiger partial charge in [0.2, 0.25) is 0 Å². The largest absolute Gasteiger partial charge is 0.320 e. The number of carbonyl (C=O) groups excluding carboxylic acids is 1. The van der Waals surface area contributed by atoms with Gasteiger partial charge in [0.05, 0.1) is 41.9 Å². The summed E-state index contributed by atoms with van der Waals surface area (Å²) in [5.41, 5.74) is 4.86. The average molecular weight is 607 g/mol. The van der Waals surface area contributed by atoms with Gasteiger partial charge in [-0.25, -0.2) is 4.98 Å². The second kappa shape index (κ2) is 14.0. The number of aryl methyl sites for hydroxylation is 1. The number of benzene rings is 1. The molecule has 0 spiro atoms. The van der Waals surface area contributed by atoms with Gasteiger partial charge in [0, 0.05) is 50.5 Å². The van der Waals surface area contributed by atoms with Gasteiger partial charge in [0.15, 0.2) is 0 Å². The summed E-state index contributed by atoms with van der Waals surface area (Å²) in [4.78, 5) is 20.0. The summed E-state index contributed by atoms with van der Waals surface area (Å²) < 4.78 is 5.80. The maximum Gasteiger partial charge on any atom is 0.274 e. The number of hydrogen-bond acceptors (Lipinski definition) is 6. The summed E-state index contributed by atoms with van der Waals surface area (Å²) in [7, 11) is 0. The maximum atomic E-state index is 13.2. The van der Waals surface area contributed by atoms with Crippen LogP contribution in [0.25, 0.3) is 16.6 Å². The first-order chi connectivity index (χ1) is 18.2. The molecule has 13 heteroatoms. The molecule has 1 amide bonds. The van der Waals surface area contributed by atoms with Gasteiger partial charge in [0.1, 0.15) is 11.3 Å². The number of anilines is 1. The van der Waals surface area contributed by atoms with Crippen molar-refractivity contribution in [1.29, 1.82) is 0 Å². The highest BCUT2D eigenvalue weighted by Crippen LogP contribution is 2.28.